The molecule has 0 saturated carbocycles. The van der Waals surface area contributed by atoms with Crippen LogP contribution in [0.4, 0.5) is 0 Å². The third-order valence-corrected chi connectivity index (χ3v) is 4.65. The van der Waals surface area contributed by atoms with Crippen LogP contribution in [0.3, 0.4) is 0 Å². The lowest BCUT2D eigenvalue weighted by molar-refractivity contribution is -0.116. The fraction of sp³-hybridized carbons (Fsp3) is 0.320. The predicted octanol–water partition coefficient (Wildman–Crippen LogP) is 4.97. The Morgan fingerprint density at radius 2 is 2.20 bits per heavy atom. The van der Waals surface area contributed by atoms with E-state index in [1.807, 2.05) is 44.3 Å². The lowest BCUT2D eigenvalue weighted by atomic mass is 9.86. The Balaban J connectivity index is 3.28. The van der Waals surface area contributed by atoms with Crippen molar-refractivity contribution in [3.8, 4) is 0 Å². The number of hydrogen-bond acceptors (Lipinski definition) is 4. The smallest absolute Gasteiger partial charge is 0.243 e. The third kappa shape index (κ3) is 8.86. The van der Waals surface area contributed by atoms with E-state index in [9.17, 15) is 4.79 Å². The maximum atomic E-state index is 11.4. The lowest BCUT2D eigenvalue weighted by Crippen LogP contribution is -2.23. The highest BCUT2D eigenvalue weighted by Crippen LogP contribution is 2.27. The standard InChI is InChI=1S/C25H34N4O/c1-6-9-12-22(23-14-10-15-27-18-23)17-24(19(4)29-20(5)26)21(7-2)13-11-16-28-25(30)8-3/h6,8-10,12,14-15,17-18,21H,3,5,7,11,13,16,26H2,1-2,4H3,(H,28,30)/b9-6+,22-12+,24-17+,29-19?. The lowest BCUT2D eigenvalue weighted by Gasteiger charge is -2.20. The average molecular weight is 407 g/mol. The average Bonchev–Trinajstić information content (AvgIpc) is 2.74. The molecular weight excluding hydrogens is 372 g/mol. The number of carbonyl (C=O) groups is 1. The van der Waals surface area contributed by atoms with Gasteiger partial charge in [-0.15, -0.1) is 0 Å². The number of pyridine rings is 1. The van der Waals surface area contributed by atoms with Gasteiger partial charge in [-0.25, -0.2) is 4.99 Å². The fourth-order valence-corrected chi connectivity index (χ4v) is 3.14. The molecule has 1 heterocycles. The molecule has 0 aliphatic heterocycles. The van der Waals surface area contributed by atoms with E-state index in [1.54, 1.807) is 6.20 Å². The Labute approximate surface area is 180 Å². The first-order valence-electron chi connectivity index (χ1n) is 10.3. The minimum absolute atomic E-state index is 0.149. The van der Waals surface area contributed by atoms with Crippen LogP contribution in [0.25, 0.3) is 5.57 Å². The van der Waals surface area contributed by atoms with E-state index >= 15 is 0 Å². The number of rotatable bonds is 12. The first-order valence-corrected chi connectivity index (χ1v) is 10.3. The molecule has 0 spiro atoms. The van der Waals surface area contributed by atoms with Gasteiger partial charge in [-0.3, -0.25) is 9.78 Å². The van der Waals surface area contributed by atoms with Gasteiger partial charge >= 0.3 is 0 Å². The van der Waals surface area contributed by atoms with Gasteiger partial charge in [0.1, 0.15) is 5.82 Å². The summed E-state index contributed by atoms with van der Waals surface area (Å²) >= 11 is 0. The van der Waals surface area contributed by atoms with Gasteiger partial charge in [0.15, 0.2) is 0 Å². The number of nitrogens with one attached hydrogen (secondary N) is 1. The molecule has 160 valence electrons. The molecule has 0 radical (unpaired) electrons. The quantitative estimate of drug-likeness (QED) is 0.223. The molecule has 3 N–H and O–H groups in total. The molecule has 0 saturated heterocycles. The van der Waals surface area contributed by atoms with Gasteiger partial charge in [-0.2, -0.15) is 0 Å². The zero-order chi connectivity index (χ0) is 22.4. The van der Waals surface area contributed by atoms with Crippen LogP contribution < -0.4 is 11.1 Å². The Kier molecular flexibility index (Phi) is 11.5. The van der Waals surface area contributed by atoms with Crippen molar-refractivity contribution in [2.45, 2.75) is 40.0 Å². The second kappa shape index (κ2) is 13.9. The zero-order valence-corrected chi connectivity index (χ0v) is 18.4. The van der Waals surface area contributed by atoms with Crippen LogP contribution in [-0.2, 0) is 4.79 Å². The third-order valence-electron chi connectivity index (χ3n) is 4.65. The first kappa shape index (κ1) is 24.8. The summed E-state index contributed by atoms with van der Waals surface area (Å²) < 4.78 is 0. The highest BCUT2D eigenvalue weighted by atomic mass is 16.1. The second-order valence-corrected chi connectivity index (χ2v) is 6.92. The summed E-state index contributed by atoms with van der Waals surface area (Å²) in [6.45, 7) is 13.9. The zero-order valence-electron chi connectivity index (χ0n) is 18.4. The minimum atomic E-state index is -0.149. The molecule has 1 aromatic heterocycles. The minimum Gasteiger partial charge on any atom is -0.384 e. The molecule has 1 aromatic rings. The van der Waals surface area contributed by atoms with Crippen LogP contribution in [0.2, 0.25) is 0 Å². The van der Waals surface area contributed by atoms with E-state index in [-0.39, 0.29) is 17.6 Å². The topological polar surface area (TPSA) is 80.4 Å². The second-order valence-electron chi connectivity index (χ2n) is 6.92. The number of nitrogens with zero attached hydrogens (tertiary/aromatic N) is 2. The molecular formula is C25H34N4O. The van der Waals surface area contributed by atoms with Gasteiger partial charge in [-0.05, 0) is 74.0 Å². The van der Waals surface area contributed by atoms with Gasteiger partial charge in [0.2, 0.25) is 5.91 Å². The Bertz CT molecular complexity index is 832. The monoisotopic (exact) mass is 406 g/mol. The molecule has 0 bridgehead atoms. The van der Waals surface area contributed by atoms with Crippen molar-refractivity contribution in [2.24, 2.45) is 16.6 Å². The fourth-order valence-electron chi connectivity index (χ4n) is 3.14. The summed E-state index contributed by atoms with van der Waals surface area (Å²) in [5.41, 5.74) is 9.80. The molecule has 30 heavy (non-hydrogen) atoms. The van der Waals surface area contributed by atoms with Crippen LogP contribution in [-0.4, -0.2) is 23.1 Å². The Hall–Kier alpha value is -3.21. The molecule has 1 atom stereocenters. The van der Waals surface area contributed by atoms with Gasteiger partial charge < -0.3 is 11.1 Å². The number of aromatic nitrogens is 1. The van der Waals surface area contributed by atoms with E-state index in [1.165, 1.54) is 6.08 Å². The molecule has 1 unspecified atom stereocenters. The summed E-state index contributed by atoms with van der Waals surface area (Å²) in [6, 6.07) is 3.96. The number of amides is 1. The maximum absolute atomic E-state index is 11.4. The van der Waals surface area contributed by atoms with Crippen molar-refractivity contribution in [1.82, 2.24) is 10.3 Å². The molecule has 0 fully saturated rings. The van der Waals surface area contributed by atoms with Crippen molar-refractivity contribution in [2.75, 3.05) is 6.54 Å². The van der Waals surface area contributed by atoms with Crippen molar-refractivity contribution in [3.05, 3.63) is 85.0 Å². The summed E-state index contributed by atoms with van der Waals surface area (Å²) in [6.07, 6.45) is 15.8. The van der Waals surface area contributed by atoms with E-state index in [0.29, 0.717) is 6.54 Å². The summed E-state index contributed by atoms with van der Waals surface area (Å²) in [5.74, 6) is 0.399. The largest absolute Gasteiger partial charge is 0.384 e. The van der Waals surface area contributed by atoms with E-state index in [2.05, 4.69) is 47.5 Å². The first-order chi connectivity index (χ1) is 14.4. The van der Waals surface area contributed by atoms with Crippen molar-refractivity contribution in [1.29, 1.82) is 0 Å². The maximum Gasteiger partial charge on any atom is 0.243 e. The van der Waals surface area contributed by atoms with Crippen LogP contribution in [0.1, 0.15) is 45.6 Å². The van der Waals surface area contributed by atoms with E-state index < -0.39 is 0 Å². The van der Waals surface area contributed by atoms with Gasteiger partial charge in [0.25, 0.3) is 0 Å². The number of hydrogen-bond donors (Lipinski definition) is 2. The van der Waals surface area contributed by atoms with Crippen molar-refractivity contribution < 1.29 is 4.79 Å². The molecule has 1 amide bonds. The molecule has 5 heteroatoms. The summed E-state index contributed by atoms with van der Waals surface area (Å²) in [5, 5.41) is 2.84. The highest BCUT2D eigenvalue weighted by Gasteiger charge is 2.16. The summed E-state index contributed by atoms with van der Waals surface area (Å²) in [7, 11) is 0. The van der Waals surface area contributed by atoms with Gasteiger partial charge in [-0.1, -0.05) is 44.4 Å². The molecule has 5 nitrogen and oxygen atoms in total. The summed E-state index contributed by atoms with van der Waals surface area (Å²) in [4.78, 5) is 20.1. The SMILES string of the molecule is C=CC(=O)NCCCC(CC)/C(=C/C(=C\C=C\C)c1cccnc1)C(C)=NC(=C)N. The van der Waals surface area contributed by atoms with Crippen LogP contribution in [0.5, 0.6) is 0 Å². The van der Waals surface area contributed by atoms with Crippen LogP contribution in [0, 0.1) is 5.92 Å². The Morgan fingerprint density at radius 3 is 2.77 bits per heavy atom. The van der Waals surface area contributed by atoms with E-state index in [0.717, 1.165) is 41.7 Å². The predicted molar refractivity (Wildman–Crippen MR) is 128 cm³/mol. The Morgan fingerprint density at radius 1 is 1.43 bits per heavy atom. The normalized spacial score (nSPS) is 13.9. The van der Waals surface area contributed by atoms with Gasteiger partial charge in [0.05, 0.1) is 0 Å². The molecule has 0 aromatic carbocycles. The van der Waals surface area contributed by atoms with E-state index in [4.69, 9.17) is 5.73 Å². The van der Waals surface area contributed by atoms with Crippen LogP contribution >= 0.6 is 0 Å². The van der Waals surface area contributed by atoms with Gasteiger partial charge in [0, 0.05) is 24.7 Å². The number of aliphatic imine (C=N–C) groups is 1. The number of carbonyl (C=O) groups excluding carboxylic acids is 1. The van der Waals surface area contributed by atoms with Crippen molar-refractivity contribution >= 4 is 17.2 Å². The molecule has 0 aliphatic rings. The highest BCUT2D eigenvalue weighted by molar-refractivity contribution is 6.01. The van der Waals surface area contributed by atoms with Crippen LogP contribution in [0.15, 0.2) is 84.5 Å². The molecule has 0 aliphatic carbocycles. The number of allylic oxidation sites excluding steroid dienone is 6. The van der Waals surface area contributed by atoms with Crippen molar-refractivity contribution in [3.63, 3.8) is 0 Å². The number of nitrogens with two attached hydrogens (primary N) is 1. The molecule has 1 rings (SSSR count).